The van der Waals surface area contributed by atoms with Crippen molar-refractivity contribution in [1.29, 1.82) is 0 Å². The highest BCUT2D eigenvalue weighted by Crippen LogP contribution is 2.23. The summed E-state index contributed by atoms with van der Waals surface area (Å²) in [6, 6.07) is 24.0. The largest absolute Gasteiger partial charge is 0.302 e. The molecule has 0 atom stereocenters. The number of hydrogen-bond acceptors (Lipinski definition) is 5. The van der Waals surface area contributed by atoms with Gasteiger partial charge in [0.05, 0.1) is 12.0 Å². The van der Waals surface area contributed by atoms with E-state index >= 15 is 0 Å². The van der Waals surface area contributed by atoms with Crippen LogP contribution in [0.15, 0.2) is 83.1 Å². The normalized spacial score (nSPS) is 11.2. The highest BCUT2D eigenvalue weighted by Gasteiger charge is 2.14. The Bertz CT molecular complexity index is 1180. The Hall–Kier alpha value is -3.45. The van der Waals surface area contributed by atoms with Crippen LogP contribution < -0.4 is 5.43 Å². The molecule has 0 saturated carbocycles. The molecule has 6 nitrogen and oxygen atoms in total. The summed E-state index contributed by atoms with van der Waals surface area (Å²) in [6.45, 7) is 2.76. The molecule has 0 fully saturated rings. The Morgan fingerprint density at radius 2 is 1.80 bits per heavy atom. The zero-order chi connectivity index (χ0) is 20.8. The van der Waals surface area contributed by atoms with E-state index in [0.717, 1.165) is 34.3 Å². The van der Waals surface area contributed by atoms with Gasteiger partial charge in [0.2, 0.25) is 0 Å². The van der Waals surface area contributed by atoms with Crippen LogP contribution in [0, 0.1) is 0 Å². The highest BCUT2D eigenvalue weighted by molar-refractivity contribution is 7.99. The topological polar surface area (TPSA) is 72.2 Å². The van der Waals surface area contributed by atoms with E-state index in [0.29, 0.717) is 5.16 Å². The lowest BCUT2D eigenvalue weighted by Gasteiger charge is -2.07. The number of hydrogen-bond donors (Lipinski definition) is 1. The lowest BCUT2D eigenvalue weighted by molar-refractivity contribution is -0.118. The fourth-order valence-corrected chi connectivity index (χ4v) is 3.98. The van der Waals surface area contributed by atoms with Gasteiger partial charge in [0.1, 0.15) is 0 Å². The predicted molar refractivity (Wildman–Crippen MR) is 122 cm³/mol. The fourth-order valence-electron chi connectivity index (χ4n) is 3.18. The van der Waals surface area contributed by atoms with E-state index in [1.165, 1.54) is 11.8 Å². The molecular formula is C23H21N5OS. The Morgan fingerprint density at radius 3 is 2.63 bits per heavy atom. The highest BCUT2D eigenvalue weighted by atomic mass is 32.2. The number of aromatic nitrogens is 3. The van der Waals surface area contributed by atoms with Gasteiger partial charge in [-0.1, -0.05) is 84.6 Å². The van der Waals surface area contributed by atoms with Gasteiger partial charge in [0.15, 0.2) is 11.0 Å². The standard InChI is InChI=1S/C23H21N5OS/c1-2-28-22(18-10-4-3-5-11-18)26-27-23(28)30-16-21(29)25-24-15-19-13-8-12-17-9-6-7-14-20(17)19/h3-15H,2,16H2,1H3,(H,25,29)/b24-15-. The minimum Gasteiger partial charge on any atom is -0.302 e. The van der Waals surface area contributed by atoms with Crippen molar-refractivity contribution in [1.82, 2.24) is 20.2 Å². The number of nitrogens with zero attached hydrogens (tertiary/aromatic N) is 4. The van der Waals surface area contributed by atoms with Crippen molar-refractivity contribution >= 4 is 34.7 Å². The molecule has 4 rings (SSSR count). The van der Waals surface area contributed by atoms with Crippen LogP contribution in [0.25, 0.3) is 22.2 Å². The van der Waals surface area contributed by atoms with Crippen molar-refractivity contribution in [3.8, 4) is 11.4 Å². The number of fused-ring (bicyclic) bond motifs is 1. The summed E-state index contributed by atoms with van der Waals surface area (Å²) in [6.07, 6.45) is 1.67. The number of thioether (sulfide) groups is 1. The lowest BCUT2D eigenvalue weighted by Crippen LogP contribution is -2.20. The quantitative estimate of drug-likeness (QED) is 0.277. The summed E-state index contributed by atoms with van der Waals surface area (Å²) in [5.41, 5.74) is 4.55. The monoisotopic (exact) mass is 415 g/mol. The van der Waals surface area contributed by atoms with Gasteiger partial charge < -0.3 is 4.57 Å². The first-order valence-corrected chi connectivity index (χ1v) is 10.7. The van der Waals surface area contributed by atoms with E-state index in [-0.39, 0.29) is 11.7 Å². The molecule has 4 aromatic rings. The number of hydrazone groups is 1. The number of carbonyl (C=O) groups excluding carboxylic acids is 1. The van der Waals surface area contributed by atoms with E-state index in [9.17, 15) is 4.79 Å². The maximum atomic E-state index is 12.2. The number of amides is 1. The van der Waals surface area contributed by atoms with Gasteiger partial charge in [-0.15, -0.1) is 10.2 Å². The van der Waals surface area contributed by atoms with Crippen LogP contribution in [0.3, 0.4) is 0 Å². The summed E-state index contributed by atoms with van der Waals surface area (Å²) in [7, 11) is 0. The number of nitrogens with one attached hydrogen (secondary N) is 1. The Morgan fingerprint density at radius 1 is 1.03 bits per heavy atom. The Balaban J connectivity index is 1.38. The molecular weight excluding hydrogens is 394 g/mol. The van der Waals surface area contributed by atoms with Crippen molar-refractivity contribution in [2.45, 2.75) is 18.6 Å². The number of benzene rings is 3. The van der Waals surface area contributed by atoms with Crippen molar-refractivity contribution < 1.29 is 4.79 Å². The smallest absolute Gasteiger partial charge is 0.250 e. The van der Waals surface area contributed by atoms with Crippen molar-refractivity contribution in [3.63, 3.8) is 0 Å². The van der Waals surface area contributed by atoms with Gasteiger partial charge in [-0.25, -0.2) is 5.43 Å². The lowest BCUT2D eigenvalue weighted by atomic mass is 10.1. The molecule has 1 heterocycles. The second-order valence-electron chi connectivity index (χ2n) is 6.57. The molecule has 7 heteroatoms. The summed E-state index contributed by atoms with van der Waals surface area (Å²) >= 11 is 1.35. The van der Waals surface area contributed by atoms with Crippen molar-refractivity contribution in [2.24, 2.45) is 5.10 Å². The molecule has 0 saturated heterocycles. The van der Waals surface area contributed by atoms with Gasteiger partial charge in [-0.2, -0.15) is 5.10 Å². The first-order valence-electron chi connectivity index (χ1n) is 9.67. The summed E-state index contributed by atoms with van der Waals surface area (Å²) in [5, 5.41) is 15.6. The molecule has 0 aliphatic rings. The summed E-state index contributed by atoms with van der Waals surface area (Å²) in [5.74, 6) is 0.818. The second kappa shape index (κ2) is 9.37. The van der Waals surface area contributed by atoms with Crippen LogP contribution in [0.5, 0.6) is 0 Å². The molecule has 3 aromatic carbocycles. The molecule has 0 bridgehead atoms. The molecule has 0 radical (unpaired) electrons. The van der Waals surface area contributed by atoms with Crippen LogP contribution in [-0.2, 0) is 11.3 Å². The van der Waals surface area contributed by atoms with Crippen LogP contribution in [0.1, 0.15) is 12.5 Å². The minimum absolute atomic E-state index is 0.191. The summed E-state index contributed by atoms with van der Waals surface area (Å²) < 4.78 is 2.01. The van der Waals surface area contributed by atoms with E-state index in [1.807, 2.05) is 72.2 Å². The van der Waals surface area contributed by atoms with Gasteiger partial charge in [-0.05, 0) is 17.7 Å². The molecule has 1 amide bonds. The van der Waals surface area contributed by atoms with Crippen molar-refractivity contribution in [2.75, 3.05) is 5.75 Å². The molecule has 0 spiro atoms. The maximum absolute atomic E-state index is 12.2. The maximum Gasteiger partial charge on any atom is 0.250 e. The van der Waals surface area contributed by atoms with Gasteiger partial charge in [-0.3, -0.25) is 4.79 Å². The number of rotatable bonds is 7. The number of carbonyl (C=O) groups is 1. The summed E-state index contributed by atoms with van der Waals surface area (Å²) in [4.78, 5) is 12.2. The molecule has 150 valence electrons. The fraction of sp³-hybridized carbons (Fsp3) is 0.130. The SMILES string of the molecule is CCn1c(SCC(=O)N/N=C\c2cccc3ccccc23)nnc1-c1ccccc1. The Labute approximate surface area is 179 Å². The average Bonchev–Trinajstić information content (AvgIpc) is 3.21. The Kier molecular flexibility index (Phi) is 6.20. The van der Waals surface area contributed by atoms with E-state index < -0.39 is 0 Å². The zero-order valence-electron chi connectivity index (χ0n) is 16.5. The molecule has 0 aliphatic carbocycles. The average molecular weight is 416 g/mol. The van der Waals surface area contributed by atoms with Crippen LogP contribution >= 0.6 is 11.8 Å². The first kappa shape index (κ1) is 19.8. The van der Waals surface area contributed by atoms with Gasteiger partial charge in [0.25, 0.3) is 5.91 Å². The zero-order valence-corrected chi connectivity index (χ0v) is 17.3. The van der Waals surface area contributed by atoms with Gasteiger partial charge in [0, 0.05) is 17.7 Å². The first-order chi connectivity index (χ1) is 14.8. The predicted octanol–water partition coefficient (Wildman–Crippen LogP) is 4.36. The molecule has 1 aromatic heterocycles. The molecule has 0 unspecified atom stereocenters. The second-order valence-corrected chi connectivity index (χ2v) is 7.51. The van der Waals surface area contributed by atoms with Crippen LogP contribution in [-0.4, -0.2) is 32.6 Å². The third kappa shape index (κ3) is 4.41. The van der Waals surface area contributed by atoms with Crippen LogP contribution in [0.2, 0.25) is 0 Å². The van der Waals surface area contributed by atoms with Crippen LogP contribution in [0.4, 0.5) is 0 Å². The minimum atomic E-state index is -0.191. The molecule has 30 heavy (non-hydrogen) atoms. The van der Waals surface area contributed by atoms with E-state index in [1.54, 1.807) is 6.21 Å². The molecule has 0 aliphatic heterocycles. The molecule has 1 N–H and O–H groups in total. The van der Waals surface area contributed by atoms with E-state index in [2.05, 4.69) is 32.9 Å². The third-order valence-corrected chi connectivity index (χ3v) is 5.58. The van der Waals surface area contributed by atoms with E-state index in [4.69, 9.17) is 0 Å². The van der Waals surface area contributed by atoms with Crippen molar-refractivity contribution in [3.05, 3.63) is 78.4 Å². The van der Waals surface area contributed by atoms with Gasteiger partial charge >= 0.3 is 0 Å². The third-order valence-electron chi connectivity index (χ3n) is 4.61.